The molecule has 2 N–H and O–H groups in total. The Labute approximate surface area is 106 Å². The summed E-state index contributed by atoms with van der Waals surface area (Å²) in [6, 6.07) is -1.15. The molecule has 2 aliphatic heterocycles. The molecule has 0 saturated carbocycles. The fraction of sp³-hybridized carbons (Fsp3) is 0.900. The maximum Gasteiger partial charge on any atom is 0.322 e. The van der Waals surface area contributed by atoms with E-state index in [0.29, 0.717) is 13.1 Å². The number of hydrogen-bond acceptors (Lipinski definition) is 4. The monoisotopic (exact) mass is 278 g/mol. The molecule has 0 spiro atoms. The van der Waals surface area contributed by atoms with Crippen molar-refractivity contribution in [3.63, 3.8) is 0 Å². The summed E-state index contributed by atoms with van der Waals surface area (Å²) >= 11 is 0. The number of hydrogen-bond donors (Lipinski definition) is 2. The van der Waals surface area contributed by atoms with Crippen LogP contribution in [0.5, 0.6) is 0 Å². The van der Waals surface area contributed by atoms with E-state index >= 15 is 0 Å². The van der Waals surface area contributed by atoms with Crippen molar-refractivity contribution in [2.45, 2.75) is 37.8 Å². The van der Waals surface area contributed by atoms with E-state index < -0.39 is 28.3 Å². The van der Waals surface area contributed by atoms with Gasteiger partial charge < -0.3 is 10.2 Å². The van der Waals surface area contributed by atoms with Gasteiger partial charge in [-0.2, -0.15) is 17.0 Å². The number of aliphatic carboxylic acids is 1. The quantitative estimate of drug-likeness (QED) is 0.707. The summed E-state index contributed by atoms with van der Waals surface area (Å²) in [7, 11) is -3.76. The summed E-state index contributed by atoms with van der Waals surface area (Å²) in [6.07, 6.45) is 1.66. The third kappa shape index (κ3) is 2.51. The van der Waals surface area contributed by atoms with Crippen LogP contribution in [0.4, 0.5) is 0 Å². The number of carboxylic acids is 1. The maximum absolute atomic E-state index is 12.3. The number of carbonyl (C=O) groups is 1. The van der Waals surface area contributed by atoms with E-state index in [9.17, 15) is 18.3 Å². The van der Waals surface area contributed by atoms with Gasteiger partial charge in [-0.05, 0) is 12.8 Å². The summed E-state index contributed by atoms with van der Waals surface area (Å²) in [5.74, 6) is -1.20. The van der Waals surface area contributed by atoms with Crippen LogP contribution in [0, 0.1) is 0 Å². The van der Waals surface area contributed by atoms with Crippen LogP contribution in [0.3, 0.4) is 0 Å². The molecule has 0 amide bonds. The minimum atomic E-state index is -3.76. The minimum absolute atomic E-state index is 0.0393. The molecule has 8 heteroatoms. The largest absolute Gasteiger partial charge is 0.480 e. The topological polar surface area (TPSA) is 98.1 Å². The van der Waals surface area contributed by atoms with Gasteiger partial charge in [-0.1, -0.05) is 6.42 Å². The van der Waals surface area contributed by atoms with Gasteiger partial charge in [-0.25, -0.2) is 0 Å². The SMILES string of the molecule is O=C(O)[C@@H]1C[C@H](O)CN1S(=O)(=O)N1CCCCC1. The molecule has 2 saturated heterocycles. The molecule has 0 bridgehead atoms. The van der Waals surface area contributed by atoms with Crippen LogP contribution in [-0.2, 0) is 15.0 Å². The summed E-state index contributed by atoms with van der Waals surface area (Å²) in [6.45, 7) is 0.734. The zero-order valence-electron chi connectivity index (χ0n) is 10.0. The van der Waals surface area contributed by atoms with Gasteiger partial charge in [-0.3, -0.25) is 4.79 Å². The summed E-state index contributed by atoms with van der Waals surface area (Å²) in [5, 5.41) is 18.5. The zero-order valence-corrected chi connectivity index (χ0v) is 10.8. The van der Waals surface area contributed by atoms with Gasteiger partial charge in [0.05, 0.1) is 6.10 Å². The lowest BCUT2D eigenvalue weighted by molar-refractivity contribution is -0.140. The fourth-order valence-corrected chi connectivity index (χ4v) is 4.38. The molecule has 18 heavy (non-hydrogen) atoms. The highest BCUT2D eigenvalue weighted by molar-refractivity contribution is 7.86. The molecule has 7 nitrogen and oxygen atoms in total. The first kappa shape index (κ1) is 13.7. The molecule has 0 aliphatic carbocycles. The Balaban J connectivity index is 2.20. The Hall–Kier alpha value is -0.700. The van der Waals surface area contributed by atoms with Crippen molar-refractivity contribution in [1.82, 2.24) is 8.61 Å². The van der Waals surface area contributed by atoms with E-state index in [1.165, 1.54) is 4.31 Å². The average molecular weight is 278 g/mol. The second kappa shape index (κ2) is 5.12. The number of aliphatic hydroxyl groups excluding tert-OH is 1. The number of aliphatic hydroxyl groups is 1. The molecule has 0 unspecified atom stereocenters. The second-order valence-corrected chi connectivity index (χ2v) is 6.66. The summed E-state index contributed by atoms with van der Waals surface area (Å²) in [4.78, 5) is 11.1. The van der Waals surface area contributed by atoms with Crippen LogP contribution >= 0.6 is 0 Å². The van der Waals surface area contributed by atoms with Crippen molar-refractivity contribution >= 4 is 16.2 Å². The number of β-amino-alcohol motifs (C(OH)–C–C–N with tert-alkyl or cyclic N) is 1. The van der Waals surface area contributed by atoms with Gasteiger partial charge in [0.25, 0.3) is 10.2 Å². The number of nitrogens with zero attached hydrogens (tertiary/aromatic N) is 2. The molecular weight excluding hydrogens is 260 g/mol. The van der Waals surface area contributed by atoms with Gasteiger partial charge in [0.1, 0.15) is 6.04 Å². The van der Waals surface area contributed by atoms with Crippen molar-refractivity contribution in [3.8, 4) is 0 Å². The first-order valence-electron chi connectivity index (χ1n) is 6.10. The lowest BCUT2D eigenvalue weighted by Crippen LogP contribution is -2.50. The fourth-order valence-electron chi connectivity index (χ4n) is 2.51. The van der Waals surface area contributed by atoms with Crippen molar-refractivity contribution in [2.24, 2.45) is 0 Å². The molecule has 2 aliphatic rings. The molecule has 2 atom stereocenters. The molecule has 0 radical (unpaired) electrons. The lowest BCUT2D eigenvalue weighted by Gasteiger charge is -2.31. The highest BCUT2D eigenvalue weighted by Crippen LogP contribution is 2.25. The highest BCUT2D eigenvalue weighted by atomic mass is 32.2. The van der Waals surface area contributed by atoms with Crippen LogP contribution in [-0.4, -0.2) is 65.0 Å². The number of rotatable bonds is 3. The zero-order chi connectivity index (χ0) is 13.3. The van der Waals surface area contributed by atoms with E-state index in [1.54, 1.807) is 0 Å². The van der Waals surface area contributed by atoms with Gasteiger partial charge in [0, 0.05) is 26.1 Å². The average Bonchev–Trinajstić information content (AvgIpc) is 2.73. The van der Waals surface area contributed by atoms with Crippen molar-refractivity contribution in [1.29, 1.82) is 0 Å². The molecular formula is C10H18N2O5S. The van der Waals surface area contributed by atoms with Gasteiger partial charge in [-0.15, -0.1) is 0 Å². The van der Waals surface area contributed by atoms with E-state index in [1.807, 2.05) is 0 Å². The molecule has 104 valence electrons. The maximum atomic E-state index is 12.3. The van der Waals surface area contributed by atoms with Crippen LogP contribution in [0.25, 0.3) is 0 Å². The summed E-state index contributed by atoms with van der Waals surface area (Å²) in [5.41, 5.74) is 0. The van der Waals surface area contributed by atoms with Gasteiger partial charge in [0.2, 0.25) is 0 Å². The molecule has 0 aromatic carbocycles. The van der Waals surface area contributed by atoms with E-state index in [0.717, 1.165) is 23.6 Å². The normalized spacial score (nSPS) is 31.6. The van der Waals surface area contributed by atoms with E-state index in [4.69, 9.17) is 5.11 Å². The van der Waals surface area contributed by atoms with Crippen molar-refractivity contribution < 1.29 is 23.4 Å². The van der Waals surface area contributed by atoms with Crippen LogP contribution in [0.15, 0.2) is 0 Å². The predicted molar refractivity (Wildman–Crippen MR) is 63.1 cm³/mol. The first-order valence-corrected chi connectivity index (χ1v) is 7.50. The van der Waals surface area contributed by atoms with Crippen LogP contribution < -0.4 is 0 Å². The first-order chi connectivity index (χ1) is 8.43. The third-order valence-electron chi connectivity index (χ3n) is 3.46. The highest BCUT2D eigenvalue weighted by Gasteiger charge is 2.45. The standard InChI is InChI=1S/C10H18N2O5S/c13-8-6-9(10(14)15)12(7-8)18(16,17)11-4-2-1-3-5-11/h8-9,13H,1-7H2,(H,14,15)/t8-,9-/m0/s1. The second-order valence-electron chi connectivity index (χ2n) is 4.78. The third-order valence-corrected chi connectivity index (χ3v) is 5.47. The molecule has 2 fully saturated rings. The Kier molecular flexibility index (Phi) is 3.90. The van der Waals surface area contributed by atoms with E-state index in [-0.39, 0.29) is 13.0 Å². The molecule has 2 heterocycles. The van der Waals surface area contributed by atoms with Crippen LogP contribution in [0.1, 0.15) is 25.7 Å². The lowest BCUT2D eigenvalue weighted by atomic mass is 10.2. The van der Waals surface area contributed by atoms with Crippen LogP contribution in [0.2, 0.25) is 0 Å². The Morgan fingerprint density at radius 2 is 1.78 bits per heavy atom. The Morgan fingerprint density at radius 1 is 1.17 bits per heavy atom. The molecule has 2 rings (SSSR count). The van der Waals surface area contributed by atoms with Gasteiger partial charge in [0.15, 0.2) is 0 Å². The number of piperidine rings is 1. The van der Waals surface area contributed by atoms with Gasteiger partial charge >= 0.3 is 5.97 Å². The number of carboxylic acid groups (broad SMARTS) is 1. The smallest absolute Gasteiger partial charge is 0.322 e. The summed E-state index contributed by atoms with van der Waals surface area (Å²) < 4.78 is 26.9. The minimum Gasteiger partial charge on any atom is -0.480 e. The van der Waals surface area contributed by atoms with E-state index in [2.05, 4.69) is 0 Å². The molecule has 0 aromatic heterocycles. The Morgan fingerprint density at radius 3 is 2.33 bits per heavy atom. The predicted octanol–water partition coefficient (Wildman–Crippen LogP) is -0.763. The Bertz CT molecular complexity index is 418. The van der Waals surface area contributed by atoms with Crippen molar-refractivity contribution in [3.05, 3.63) is 0 Å². The molecule has 0 aromatic rings. The van der Waals surface area contributed by atoms with Crippen molar-refractivity contribution in [2.75, 3.05) is 19.6 Å².